The van der Waals surface area contributed by atoms with E-state index in [-0.39, 0.29) is 23.6 Å². The van der Waals surface area contributed by atoms with Crippen molar-refractivity contribution in [3.8, 4) is 5.75 Å². The number of thioether (sulfide) groups is 2. The molecular weight excluding hydrogens is 741 g/mol. The smallest absolute Gasteiger partial charge is 0.266 e. The summed E-state index contributed by atoms with van der Waals surface area (Å²) in [5.41, 5.74) is 1.76. The largest absolute Gasteiger partial charge is 0.497 e. The summed E-state index contributed by atoms with van der Waals surface area (Å²) in [7, 11) is 1.59. The van der Waals surface area contributed by atoms with Gasteiger partial charge in [-0.2, -0.15) is 0 Å². The van der Waals surface area contributed by atoms with Crippen LogP contribution in [0, 0.1) is 0 Å². The van der Waals surface area contributed by atoms with Crippen LogP contribution in [0.1, 0.15) is 36.8 Å². The maximum Gasteiger partial charge on any atom is 0.266 e. The number of methoxy groups -OCH3 is 1. The molecule has 3 fully saturated rings. The Hall–Kier alpha value is -3.04. The van der Waals surface area contributed by atoms with Crippen molar-refractivity contribution in [1.29, 1.82) is 0 Å². The Balaban J connectivity index is 1.01. The zero-order chi connectivity index (χ0) is 33.5. The van der Waals surface area contributed by atoms with Crippen LogP contribution in [-0.4, -0.2) is 98.2 Å². The van der Waals surface area contributed by atoms with Crippen LogP contribution in [0.2, 0.25) is 0 Å². The number of amides is 4. The van der Waals surface area contributed by atoms with Gasteiger partial charge in [-0.1, -0.05) is 88.2 Å². The Bertz CT molecular complexity index is 1660. The van der Waals surface area contributed by atoms with Gasteiger partial charge < -0.3 is 14.5 Å². The predicted octanol–water partition coefficient (Wildman–Crippen LogP) is 5.79. The van der Waals surface area contributed by atoms with E-state index in [1.807, 2.05) is 54.6 Å². The first kappa shape index (κ1) is 35.3. The third-order valence-electron chi connectivity index (χ3n) is 7.81. The molecule has 2 aromatic rings. The van der Waals surface area contributed by atoms with Crippen LogP contribution in [-0.2, 0) is 19.2 Å². The van der Waals surface area contributed by atoms with Crippen molar-refractivity contribution < 1.29 is 23.9 Å². The number of rotatable bonds is 11. The molecule has 3 aliphatic rings. The monoisotopic (exact) mass is 772 g/mol. The molecule has 0 N–H and O–H groups in total. The lowest BCUT2D eigenvalue weighted by Gasteiger charge is -2.35. The van der Waals surface area contributed by atoms with Gasteiger partial charge in [0.05, 0.1) is 16.9 Å². The normalized spacial score (nSPS) is 18.7. The van der Waals surface area contributed by atoms with E-state index in [1.54, 1.807) is 32.8 Å². The highest BCUT2D eigenvalue weighted by Gasteiger charge is 2.33. The van der Waals surface area contributed by atoms with Gasteiger partial charge in [0.2, 0.25) is 11.8 Å². The predicted molar refractivity (Wildman–Crippen MR) is 199 cm³/mol. The van der Waals surface area contributed by atoms with Crippen molar-refractivity contribution in [2.75, 3.05) is 46.4 Å². The molecule has 3 aliphatic heterocycles. The molecule has 4 amide bonds. The maximum atomic E-state index is 13.0. The molecule has 0 aliphatic carbocycles. The minimum atomic E-state index is -0.158. The van der Waals surface area contributed by atoms with Crippen molar-refractivity contribution >= 4 is 108 Å². The van der Waals surface area contributed by atoms with E-state index in [9.17, 15) is 19.2 Å². The Kier molecular flexibility index (Phi) is 12.3. The molecule has 0 radical (unpaired) electrons. The fraction of sp³-hybridized carbons (Fsp3) is 0.333. The third-order valence-corrected chi connectivity index (χ3v) is 11.1. The fourth-order valence-corrected chi connectivity index (χ4v) is 8.35. The van der Waals surface area contributed by atoms with Crippen molar-refractivity contribution in [3.63, 3.8) is 0 Å². The number of carbonyl (C=O) groups excluding carboxylic acids is 4. The number of piperazine rings is 1. The summed E-state index contributed by atoms with van der Waals surface area (Å²) in [6, 6.07) is 15.1. The van der Waals surface area contributed by atoms with Crippen LogP contribution < -0.4 is 4.74 Å². The molecule has 14 heteroatoms. The number of halogens is 1. The molecule has 246 valence electrons. The minimum absolute atomic E-state index is 0.000241. The molecule has 0 saturated carbocycles. The maximum absolute atomic E-state index is 13.0. The Morgan fingerprint density at radius 3 is 1.72 bits per heavy atom. The first-order valence-corrected chi connectivity index (χ1v) is 18.3. The second-order valence-corrected chi connectivity index (χ2v) is 15.2. The first-order valence-electron chi connectivity index (χ1n) is 15.1. The van der Waals surface area contributed by atoms with E-state index in [2.05, 4.69) is 15.9 Å². The number of benzene rings is 2. The number of hydrogen-bond acceptors (Lipinski definition) is 9. The lowest BCUT2D eigenvalue weighted by molar-refractivity contribution is -0.139. The molecule has 0 spiro atoms. The number of ether oxygens (including phenoxy) is 1. The van der Waals surface area contributed by atoms with Gasteiger partial charge in [-0.25, -0.2) is 0 Å². The summed E-state index contributed by atoms with van der Waals surface area (Å²) in [4.78, 5) is 59.5. The van der Waals surface area contributed by atoms with E-state index >= 15 is 0 Å². The van der Waals surface area contributed by atoms with Crippen molar-refractivity contribution in [1.82, 2.24) is 19.6 Å². The molecule has 9 nitrogen and oxygen atoms in total. The second kappa shape index (κ2) is 16.4. The molecule has 0 bridgehead atoms. The van der Waals surface area contributed by atoms with E-state index in [0.29, 0.717) is 89.2 Å². The number of hydrogen-bond donors (Lipinski definition) is 0. The highest BCUT2D eigenvalue weighted by atomic mass is 79.9. The van der Waals surface area contributed by atoms with E-state index in [1.165, 1.54) is 23.5 Å². The average molecular weight is 774 g/mol. The van der Waals surface area contributed by atoms with Gasteiger partial charge in [0.25, 0.3) is 11.8 Å². The van der Waals surface area contributed by atoms with Crippen LogP contribution >= 0.6 is 63.9 Å². The molecule has 3 saturated heterocycles. The molecular formula is C33H33BrN4O5S4. The molecule has 0 aromatic heterocycles. The van der Waals surface area contributed by atoms with Gasteiger partial charge in [-0.3, -0.25) is 29.0 Å². The minimum Gasteiger partial charge on any atom is -0.497 e. The van der Waals surface area contributed by atoms with Crippen LogP contribution in [0.4, 0.5) is 0 Å². The summed E-state index contributed by atoms with van der Waals surface area (Å²) in [6.45, 7) is 2.60. The molecule has 5 rings (SSSR count). The summed E-state index contributed by atoms with van der Waals surface area (Å²) in [5, 5.41) is 0. The van der Waals surface area contributed by atoms with Gasteiger partial charge in [0.15, 0.2) is 0 Å². The topological polar surface area (TPSA) is 90.5 Å². The zero-order valence-corrected chi connectivity index (χ0v) is 30.5. The molecule has 3 heterocycles. The van der Waals surface area contributed by atoms with Crippen LogP contribution in [0.25, 0.3) is 12.2 Å². The Morgan fingerprint density at radius 1 is 0.787 bits per heavy atom. The van der Waals surface area contributed by atoms with Crippen molar-refractivity contribution in [2.24, 2.45) is 0 Å². The molecule has 2 aromatic carbocycles. The molecule has 0 unspecified atom stereocenters. The van der Waals surface area contributed by atoms with Crippen molar-refractivity contribution in [2.45, 2.75) is 25.7 Å². The van der Waals surface area contributed by atoms with Crippen LogP contribution in [0.3, 0.4) is 0 Å². The van der Waals surface area contributed by atoms with E-state index < -0.39 is 0 Å². The highest BCUT2D eigenvalue weighted by molar-refractivity contribution is 9.10. The number of carbonyl (C=O) groups is 4. The van der Waals surface area contributed by atoms with Crippen molar-refractivity contribution in [3.05, 3.63) is 73.9 Å². The van der Waals surface area contributed by atoms with Gasteiger partial charge >= 0.3 is 0 Å². The lowest BCUT2D eigenvalue weighted by Crippen LogP contribution is -2.50. The standard InChI is InChI=1S/C33H33BrN4O5S4/c1-43-25-9-3-7-23(19-25)21-27-31(42)38(33(45)47-27)13-5-11-29(40)36-16-14-35(15-17-36)28(39)10-4-12-37-30(41)26(46-32(37)44)20-22-6-2-8-24(34)18-22/h2-3,6-9,18-21H,4-5,10-17H2,1H3/b26-20-,27-21-. The quantitative estimate of drug-likeness (QED) is 0.208. The fourth-order valence-electron chi connectivity index (χ4n) is 5.31. The summed E-state index contributed by atoms with van der Waals surface area (Å²) in [5.74, 6) is 0.412. The SMILES string of the molecule is COc1cccc(/C=C2\SC(=S)N(CCCC(=O)N3CCN(C(=O)CCCN4C(=O)/C(=C/c5cccc(Br)c5)SC4=S)CC3)C2=O)c1. The van der Waals surface area contributed by atoms with Gasteiger partial charge in [-0.05, 0) is 60.4 Å². The molecule has 47 heavy (non-hydrogen) atoms. The summed E-state index contributed by atoms with van der Waals surface area (Å²) >= 11 is 16.9. The Morgan fingerprint density at radius 2 is 1.26 bits per heavy atom. The lowest BCUT2D eigenvalue weighted by atomic mass is 10.2. The first-order chi connectivity index (χ1) is 22.6. The van der Waals surface area contributed by atoms with Gasteiger partial charge in [0, 0.05) is 56.6 Å². The molecule has 0 atom stereocenters. The average Bonchev–Trinajstić information content (AvgIpc) is 3.48. The third kappa shape index (κ3) is 9.11. The van der Waals surface area contributed by atoms with E-state index in [4.69, 9.17) is 29.2 Å². The summed E-state index contributed by atoms with van der Waals surface area (Å²) in [6.07, 6.45) is 5.21. The van der Waals surface area contributed by atoms with E-state index in [0.717, 1.165) is 15.6 Å². The highest BCUT2D eigenvalue weighted by Crippen LogP contribution is 2.34. The number of thiocarbonyl (C=S) groups is 2. The van der Waals surface area contributed by atoms with Crippen LogP contribution in [0.5, 0.6) is 5.75 Å². The second-order valence-electron chi connectivity index (χ2n) is 11.0. The zero-order valence-electron chi connectivity index (χ0n) is 25.7. The van der Waals surface area contributed by atoms with Crippen LogP contribution in [0.15, 0.2) is 62.8 Å². The van der Waals surface area contributed by atoms with Gasteiger partial charge in [-0.15, -0.1) is 0 Å². The Labute approximate surface area is 301 Å². The summed E-state index contributed by atoms with van der Waals surface area (Å²) < 4.78 is 7.17. The van der Waals surface area contributed by atoms with Gasteiger partial charge in [0.1, 0.15) is 14.4 Å². The number of nitrogens with zero attached hydrogens (tertiary/aromatic N) is 4.